The third kappa shape index (κ3) is 6.60. The van der Waals surface area contributed by atoms with Crippen molar-refractivity contribution in [3.05, 3.63) is 64.7 Å². The van der Waals surface area contributed by atoms with Gasteiger partial charge in [0.25, 0.3) is 6.02 Å². The van der Waals surface area contributed by atoms with Crippen molar-refractivity contribution in [2.45, 2.75) is 31.0 Å². The molecule has 2 aromatic rings. The molecule has 3 rings (SSSR count). The monoisotopic (exact) mass is 525 g/mol. The first-order chi connectivity index (χ1) is 17.4. The largest absolute Gasteiger partial charge is 0.416 e. The summed E-state index contributed by atoms with van der Waals surface area (Å²) in [6, 6.07) is 5.15. The zero-order valence-electron chi connectivity index (χ0n) is 19.6. The second-order valence-electron chi connectivity index (χ2n) is 8.27. The van der Waals surface area contributed by atoms with Gasteiger partial charge in [-0.1, -0.05) is 0 Å². The van der Waals surface area contributed by atoms with Crippen LogP contribution in [0.1, 0.15) is 35.4 Å². The highest BCUT2D eigenvalue weighted by Crippen LogP contribution is 2.32. The van der Waals surface area contributed by atoms with Gasteiger partial charge < -0.3 is 25.5 Å². The van der Waals surface area contributed by atoms with Gasteiger partial charge in [-0.2, -0.15) is 13.2 Å². The fourth-order valence-corrected chi connectivity index (χ4v) is 3.83. The van der Waals surface area contributed by atoms with Gasteiger partial charge in [-0.05, 0) is 42.8 Å². The van der Waals surface area contributed by atoms with Crippen LogP contribution in [0.4, 0.5) is 27.6 Å². The van der Waals surface area contributed by atoms with Crippen LogP contribution in [0.3, 0.4) is 0 Å². The van der Waals surface area contributed by atoms with E-state index >= 15 is 0 Å². The van der Waals surface area contributed by atoms with Crippen molar-refractivity contribution < 1.29 is 36.3 Å². The lowest BCUT2D eigenvalue weighted by Crippen LogP contribution is -2.51. The summed E-state index contributed by atoms with van der Waals surface area (Å²) in [5.74, 6) is -4.10. The summed E-state index contributed by atoms with van der Waals surface area (Å²) in [7, 11) is 1.33. The Morgan fingerprint density at radius 1 is 1.24 bits per heavy atom. The van der Waals surface area contributed by atoms with Crippen LogP contribution in [0.25, 0.3) is 0 Å². The van der Waals surface area contributed by atoms with Gasteiger partial charge in [-0.15, -0.1) is 0 Å². The fraction of sp³-hybridized carbons (Fsp3) is 0.333. The molecular formula is C24H24F5N5O3. The number of rotatable bonds is 8. The normalized spacial score (nSPS) is 15.1. The first kappa shape index (κ1) is 27.6. The smallest absolute Gasteiger partial charge is 0.407 e. The fourth-order valence-electron chi connectivity index (χ4n) is 3.83. The predicted octanol–water partition coefficient (Wildman–Crippen LogP) is 3.34. The van der Waals surface area contributed by atoms with Crippen LogP contribution in [0.2, 0.25) is 0 Å². The van der Waals surface area contributed by atoms with Gasteiger partial charge in [0.2, 0.25) is 11.8 Å². The number of aldehydes is 1. The average Bonchev–Trinajstić information content (AvgIpc) is 2.81. The number of hydrogen-bond donors (Lipinski definition) is 3. The minimum Gasteiger partial charge on any atom is -0.407 e. The van der Waals surface area contributed by atoms with Crippen molar-refractivity contribution in [2.75, 3.05) is 25.0 Å². The molecule has 1 aliphatic rings. The summed E-state index contributed by atoms with van der Waals surface area (Å²) in [5, 5.41) is 10.2. The topological polar surface area (TPSA) is 121 Å². The van der Waals surface area contributed by atoms with Crippen LogP contribution in [0, 0.1) is 17.0 Å². The van der Waals surface area contributed by atoms with E-state index < -0.39 is 52.7 Å². The summed E-state index contributed by atoms with van der Waals surface area (Å²) in [4.78, 5) is 28.5. The van der Waals surface area contributed by atoms with Gasteiger partial charge in [0, 0.05) is 43.4 Å². The molecule has 1 atom stereocenters. The Morgan fingerprint density at radius 2 is 1.84 bits per heavy atom. The lowest BCUT2D eigenvalue weighted by Gasteiger charge is -2.39. The third-order valence-electron chi connectivity index (χ3n) is 5.77. The number of hydrogen-bond acceptors (Lipinski definition) is 6. The number of amides is 1. The van der Waals surface area contributed by atoms with Crippen LogP contribution >= 0.6 is 0 Å². The maximum absolute atomic E-state index is 14.8. The molecule has 1 heterocycles. The van der Waals surface area contributed by atoms with E-state index in [0.29, 0.717) is 6.29 Å². The van der Waals surface area contributed by atoms with Gasteiger partial charge in [0.15, 0.2) is 0 Å². The first-order valence-electron chi connectivity index (χ1n) is 11.1. The van der Waals surface area contributed by atoms with E-state index in [0.717, 1.165) is 36.4 Å². The Morgan fingerprint density at radius 3 is 2.35 bits per heavy atom. The Balaban J connectivity index is 1.62. The van der Waals surface area contributed by atoms with E-state index in [1.54, 1.807) is 4.90 Å². The predicted molar refractivity (Wildman–Crippen MR) is 125 cm³/mol. The van der Waals surface area contributed by atoms with Crippen molar-refractivity contribution in [3.63, 3.8) is 0 Å². The van der Waals surface area contributed by atoms with E-state index in [4.69, 9.17) is 15.9 Å². The molecule has 13 heteroatoms. The molecule has 1 fully saturated rings. The van der Waals surface area contributed by atoms with Crippen LogP contribution in [0.15, 0.2) is 41.4 Å². The molecule has 1 saturated heterocycles. The number of carbonyl (C=O) groups excluding carboxylic acids is 2. The number of ether oxygens (including phenoxy) is 1. The summed E-state index contributed by atoms with van der Waals surface area (Å²) >= 11 is 0. The highest BCUT2D eigenvalue weighted by Gasteiger charge is 2.32. The Bertz CT molecular complexity index is 1170. The van der Waals surface area contributed by atoms with Crippen LogP contribution in [-0.2, 0) is 20.5 Å². The molecule has 37 heavy (non-hydrogen) atoms. The lowest BCUT2D eigenvalue weighted by atomic mass is 9.92. The standard InChI is InChI=1S/C24H24F5N5O3/c1-32-22(36)17(3-2-8-35)20-18(25)9-16(10-19(20)26)34-11-15(12-34)33-23(31)37-21(30)13-4-6-14(7-5-13)24(27,28)29/h4-10,15,17,30H,2-3,11-12H2,1H3,(H2,31,33)(H,32,36). The summed E-state index contributed by atoms with van der Waals surface area (Å²) in [6.07, 6.45) is -4.02. The Kier molecular flexibility index (Phi) is 8.46. The molecule has 0 bridgehead atoms. The second-order valence-corrected chi connectivity index (χ2v) is 8.27. The summed E-state index contributed by atoms with van der Waals surface area (Å²) in [5.41, 5.74) is 4.69. The van der Waals surface area contributed by atoms with Crippen LogP contribution < -0.4 is 16.0 Å². The number of nitrogens with zero attached hydrogens (tertiary/aromatic N) is 2. The number of amidine groups is 1. The second kappa shape index (κ2) is 11.4. The quantitative estimate of drug-likeness (QED) is 0.211. The number of nitrogens with one attached hydrogen (secondary N) is 2. The Labute approximate surface area is 208 Å². The number of carbonyl (C=O) groups is 2. The van der Waals surface area contributed by atoms with Crippen LogP contribution in [0.5, 0.6) is 0 Å². The number of benzene rings is 2. The molecule has 1 unspecified atom stereocenters. The summed E-state index contributed by atoms with van der Waals surface area (Å²) < 4.78 is 72.7. The van der Waals surface area contributed by atoms with Crippen molar-refractivity contribution >= 4 is 29.8 Å². The van der Waals surface area contributed by atoms with Gasteiger partial charge >= 0.3 is 6.18 Å². The molecular weight excluding hydrogens is 501 g/mol. The molecule has 198 valence electrons. The third-order valence-corrected chi connectivity index (χ3v) is 5.77. The number of nitrogens with two attached hydrogens (primary N) is 1. The number of alkyl halides is 3. The highest BCUT2D eigenvalue weighted by atomic mass is 19.4. The lowest BCUT2D eigenvalue weighted by molar-refractivity contribution is -0.137. The van der Waals surface area contributed by atoms with Crippen molar-refractivity contribution in [1.29, 1.82) is 5.41 Å². The van der Waals surface area contributed by atoms with E-state index in [-0.39, 0.29) is 43.2 Å². The van der Waals surface area contributed by atoms with E-state index in [2.05, 4.69) is 10.3 Å². The Hall–Kier alpha value is -4.03. The maximum Gasteiger partial charge on any atom is 0.416 e. The van der Waals surface area contributed by atoms with E-state index in [1.807, 2.05) is 0 Å². The van der Waals surface area contributed by atoms with Gasteiger partial charge in [-0.25, -0.2) is 13.8 Å². The van der Waals surface area contributed by atoms with Gasteiger partial charge in [-0.3, -0.25) is 10.2 Å². The molecule has 0 spiro atoms. The number of halogens is 5. The first-order valence-corrected chi connectivity index (χ1v) is 11.1. The molecule has 0 aromatic heterocycles. The molecule has 0 radical (unpaired) electrons. The minimum absolute atomic E-state index is 0.0374. The molecule has 0 saturated carbocycles. The molecule has 2 aromatic carbocycles. The average molecular weight is 525 g/mol. The van der Waals surface area contributed by atoms with Gasteiger partial charge in [0.05, 0.1) is 17.5 Å². The highest BCUT2D eigenvalue weighted by molar-refractivity contribution is 5.99. The molecule has 4 N–H and O–H groups in total. The zero-order chi connectivity index (χ0) is 27.3. The maximum atomic E-state index is 14.8. The number of anilines is 1. The SMILES string of the molecule is CNC(=O)C(CCC=O)c1c(F)cc(N2CC(N=C(N)OC(=N)c3ccc(C(F)(F)F)cc3)C2)cc1F. The zero-order valence-corrected chi connectivity index (χ0v) is 19.6. The van der Waals surface area contributed by atoms with E-state index in [1.165, 1.54) is 7.05 Å². The minimum atomic E-state index is -4.51. The summed E-state index contributed by atoms with van der Waals surface area (Å²) in [6.45, 7) is 0.444. The molecule has 1 aliphatic heterocycles. The molecule has 8 nitrogen and oxygen atoms in total. The number of aliphatic imine (C=N–C) groups is 1. The van der Waals surface area contributed by atoms with E-state index in [9.17, 15) is 31.5 Å². The van der Waals surface area contributed by atoms with Crippen LogP contribution in [-0.4, -0.2) is 50.3 Å². The van der Waals surface area contributed by atoms with Gasteiger partial charge in [0.1, 0.15) is 17.9 Å². The molecule has 0 aliphatic carbocycles. The van der Waals surface area contributed by atoms with Crippen molar-refractivity contribution in [1.82, 2.24) is 5.32 Å². The van der Waals surface area contributed by atoms with Crippen molar-refractivity contribution in [3.8, 4) is 0 Å². The van der Waals surface area contributed by atoms with Crippen molar-refractivity contribution in [2.24, 2.45) is 10.7 Å². The molecule has 1 amide bonds. The number of likely N-dealkylation sites (N-methyl/N-ethyl adjacent to an activating group) is 1.